The molecule has 106 valence electrons. The predicted molar refractivity (Wildman–Crippen MR) is 72.7 cm³/mol. The van der Waals surface area contributed by atoms with E-state index in [1.807, 2.05) is 12.1 Å². The summed E-state index contributed by atoms with van der Waals surface area (Å²) in [5.74, 6) is 0.0275. The van der Waals surface area contributed by atoms with Crippen molar-refractivity contribution in [1.82, 2.24) is 5.32 Å². The number of benzene rings is 1. The fraction of sp³-hybridized carbons (Fsp3) is 0.500. The van der Waals surface area contributed by atoms with Crippen LogP contribution in [0.2, 0.25) is 0 Å². The number of aliphatic carboxylic acids is 1. The monoisotopic (exact) mass is 267 g/mol. The van der Waals surface area contributed by atoms with Gasteiger partial charge in [-0.25, -0.2) is 4.79 Å². The van der Waals surface area contributed by atoms with Gasteiger partial charge in [-0.3, -0.25) is 0 Å². The molecule has 5 heteroatoms. The number of ether oxygens (including phenoxy) is 2. The minimum absolute atomic E-state index is 0.378. The molecule has 1 unspecified atom stereocenters. The number of carbonyl (C=O) groups is 1. The molecule has 0 aromatic heterocycles. The van der Waals surface area contributed by atoms with Crippen LogP contribution in [0.4, 0.5) is 0 Å². The molecular weight excluding hydrogens is 246 g/mol. The van der Waals surface area contributed by atoms with E-state index >= 15 is 0 Å². The molecule has 0 spiro atoms. The van der Waals surface area contributed by atoms with E-state index in [0.29, 0.717) is 24.1 Å². The number of hydrogen-bond donors (Lipinski definition) is 2. The molecule has 0 saturated carbocycles. The van der Waals surface area contributed by atoms with Gasteiger partial charge < -0.3 is 19.9 Å². The number of carboxylic acid groups (broad SMARTS) is 1. The predicted octanol–water partition coefficient (Wildman–Crippen LogP) is 2.05. The van der Waals surface area contributed by atoms with Crippen molar-refractivity contribution in [3.8, 4) is 11.5 Å². The molecule has 1 aromatic rings. The maximum Gasteiger partial charge on any atom is 0.341 e. The molecule has 1 atom stereocenters. The van der Waals surface area contributed by atoms with Crippen LogP contribution in [-0.4, -0.2) is 30.8 Å². The average molecular weight is 267 g/mol. The number of para-hydroxylation sites is 1. The van der Waals surface area contributed by atoms with E-state index < -0.39 is 5.97 Å². The maximum absolute atomic E-state index is 10.6. The Hall–Kier alpha value is -1.75. The molecule has 1 rings (SSSR count). The highest BCUT2D eigenvalue weighted by atomic mass is 16.5. The third-order valence-corrected chi connectivity index (χ3v) is 2.87. The number of nitrogens with one attached hydrogen (secondary N) is 1. The molecule has 0 bridgehead atoms. The van der Waals surface area contributed by atoms with Crippen LogP contribution in [0, 0.1) is 0 Å². The largest absolute Gasteiger partial charge is 0.493 e. The number of rotatable bonds is 8. The lowest BCUT2D eigenvalue weighted by Crippen LogP contribution is -2.25. The topological polar surface area (TPSA) is 67.8 Å². The third-order valence-electron chi connectivity index (χ3n) is 2.87. The van der Waals surface area contributed by atoms with Crippen LogP contribution in [0.1, 0.15) is 25.8 Å². The van der Waals surface area contributed by atoms with Gasteiger partial charge in [0, 0.05) is 18.2 Å². The van der Waals surface area contributed by atoms with Crippen molar-refractivity contribution in [3.05, 3.63) is 23.8 Å². The number of methoxy groups -OCH3 is 1. The van der Waals surface area contributed by atoms with Crippen molar-refractivity contribution in [3.63, 3.8) is 0 Å². The average Bonchev–Trinajstić information content (AvgIpc) is 2.42. The van der Waals surface area contributed by atoms with Gasteiger partial charge in [-0.2, -0.15) is 0 Å². The Morgan fingerprint density at radius 3 is 2.79 bits per heavy atom. The van der Waals surface area contributed by atoms with Crippen molar-refractivity contribution in [2.75, 3.05) is 13.7 Å². The Morgan fingerprint density at radius 1 is 1.47 bits per heavy atom. The maximum atomic E-state index is 10.6. The van der Waals surface area contributed by atoms with Crippen LogP contribution < -0.4 is 14.8 Å². The van der Waals surface area contributed by atoms with Gasteiger partial charge >= 0.3 is 5.97 Å². The Balaban J connectivity index is 2.85. The molecular formula is C14H21NO4. The summed E-state index contributed by atoms with van der Waals surface area (Å²) >= 11 is 0. The fourth-order valence-electron chi connectivity index (χ4n) is 1.59. The Labute approximate surface area is 113 Å². The summed E-state index contributed by atoms with van der Waals surface area (Å²) in [5, 5.41) is 12.0. The lowest BCUT2D eigenvalue weighted by Gasteiger charge is -2.16. The smallest absolute Gasteiger partial charge is 0.341 e. The SMILES string of the molecule is CCC(C)NCc1cccc(OC)c1OCC(=O)O. The van der Waals surface area contributed by atoms with Gasteiger partial charge in [-0.15, -0.1) is 0 Å². The molecule has 0 radical (unpaired) electrons. The summed E-state index contributed by atoms with van der Waals surface area (Å²) in [5.41, 5.74) is 0.890. The minimum Gasteiger partial charge on any atom is -0.493 e. The van der Waals surface area contributed by atoms with Crippen LogP contribution in [0.15, 0.2) is 18.2 Å². The highest BCUT2D eigenvalue weighted by molar-refractivity contribution is 5.68. The van der Waals surface area contributed by atoms with E-state index in [0.717, 1.165) is 12.0 Å². The molecule has 19 heavy (non-hydrogen) atoms. The first kappa shape index (κ1) is 15.3. The van der Waals surface area contributed by atoms with Crippen LogP contribution in [0.25, 0.3) is 0 Å². The second kappa shape index (κ2) is 7.63. The summed E-state index contributed by atoms with van der Waals surface area (Å²) < 4.78 is 10.5. The molecule has 1 aromatic carbocycles. The van der Waals surface area contributed by atoms with Gasteiger partial charge in [-0.1, -0.05) is 19.1 Å². The molecule has 2 N–H and O–H groups in total. The molecule has 0 aliphatic rings. The van der Waals surface area contributed by atoms with Crippen molar-refractivity contribution in [1.29, 1.82) is 0 Å². The van der Waals surface area contributed by atoms with Crippen molar-refractivity contribution in [2.24, 2.45) is 0 Å². The second-order valence-electron chi connectivity index (χ2n) is 4.32. The van der Waals surface area contributed by atoms with Gasteiger partial charge in [0.25, 0.3) is 0 Å². The van der Waals surface area contributed by atoms with E-state index in [9.17, 15) is 4.79 Å². The quantitative estimate of drug-likeness (QED) is 0.754. The lowest BCUT2D eigenvalue weighted by molar-refractivity contribution is -0.139. The Bertz CT molecular complexity index is 420. The standard InChI is InChI=1S/C14H21NO4/c1-4-10(2)15-8-11-6-5-7-12(18-3)14(11)19-9-13(16)17/h5-7,10,15H,4,8-9H2,1-3H3,(H,16,17). The first-order valence-electron chi connectivity index (χ1n) is 6.32. The second-order valence-corrected chi connectivity index (χ2v) is 4.32. The van der Waals surface area contributed by atoms with E-state index in [1.54, 1.807) is 6.07 Å². The number of carboxylic acids is 1. The Morgan fingerprint density at radius 2 is 2.21 bits per heavy atom. The van der Waals surface area contributed by atoms with E-state index in [4.69, 9.17) is 14.6 Å². The van der Waals surface area contributed by atoms with Gasteiger partial charge in [0.05, 0.1) is 7.11 Å². The van der Waals surface area contributed by atoms with Gasteiger partial charge in [0.15, 0.2) is 18.1 Å². The Kier molecular flexibility index (Phi) is 6.15. The van der Waals surface area contributed by atoms with Crippen molar-refractivity contribution < 1.29 is 19.4 Å². The summed E-state index contributed by atoms with van der Waals surface area (Å²) in [6.07, 6.45) is 1.02. The van der Waals surface area contributed by atoms with Crippen molar-refractivity contribution >= 4 is 5.97 Å². The highest BCUT2D eigenvalue weighted by Crippen LogP contribution is 2.31. The van der Waals surface area contributed by atoms with Crippen LogP contribution in [-0.2, 0) is 11.3 Å². The van der Waals surface area contributed by atoms with E-state index in [-0.39, 0.29) is 6.61 Å². The number of hydrogen-bond acceptors (Lipinski definition) is 4. The summed E-state index contributed by atoms with van der Waals surface area (Å²) in [6, 6.07) is 5.90. The molecule has 0 heterocycles. The molecule has 5 nitrogen and oxygen atoms in total. The zero-order valence-corrected chi connectivity index (χ0v) is 11.6. The van der Waals surface area contributed by atoms with Crippen LogP contribution in [0.3, 0.4) is 0 Å². The molecule has 0 aliphatic carbocycles. The molecule has 0 saturated heterocycles. The van der Waals surface area contributed by atoms with E-state index in [1.165, 1.54) is 7.11 Å². The minimum atomic E-state index is -1.01. The van der Waals surface area contributed by atoms with E-state index in [2.05, 4.69) is 19.2 Å². The van der Waals surface area contributed by atoms with Crippen molar-refractivity contribution in [2.45, 2.75) is 32.9 Å². The molecule has 0 aliphatic heterocycles. The normalized spacial score (nSPS) is 11.9. The summed E-state index contributed by atoms with van der Waals surface area (Å²) in [7, 11) is 1.54. The fourth-order valence-corrected chi connectivity index (χ4v) is 1.59. The molecule has 0 amide bonds. The highest BCUT2D eigenvalue weighted by Gasteiger charge is 2.12. The van der Waals surface area contributed by atoms with Crippen LogP contribution in [0.5, 0.6) is 11.5 Å². The first-order chi connectivity index (χ1) is 9.08. The van der Waals surface area contributed by atoms with Crippen LogP contribution >= 0.6 is 0 Å². The van der Waals surface area contributed by atoms with Gasteiger partial charge in [-0.05, 0) is 19.4 Å². The zero-order chi connectivity index (χ0) is 14.3. The summed E-state index contributed by atoms with van der Waals surface area (Å²) in [4.78, 5) is 10.6. The summed E-state index contributed by atoms with van der Waals surface area (Å²) in [6.45, 7) is 4.43. The first-order valence-corrected chi connectivity index (χ1v) is 6.32. The zero-order valence-electron chi connectivity index (χ0n) is 11.6. The molecule has 0 fully saturated rings. The van der Waals surface area contributed by atoms with Gasteiger partial charge in [0.2, 0.25) is 0 Å². The van der Waals surface area contributed by atoms with Gasteiger partial charge in [0.1, 0.15) is 0 Å². The lowest BCUT2D eigenvalue weighted by atomic mass is 10.1. The third kappa shape index (κ3) is 4.79.